The van der Waals surface area contributed by atoms with Crippen molar-refractivity contribution in [2.75, 3.05) is 5.32 Å². The van der Waals surface area contributed by atoms with Crippen LogP contribution in [-0.2, 0) is 15.4 Å². The molecule has 0 aliphatic heterocycles. The highest BCUT2D eigenvalue weighted by molar-refractivity contribution is 6.74. The molecule has 2 aromatic rings. The Kier molecular flexibility index (Phi) is 9.55. The fourth-order valence-corrected chi connectivity index (χ4v) is 4.98. The number of hydrazine groups is 1. The minimum Gasteiger partial charge on any atom is -0.412 e. The minimum absolute atomic E-state index is 0.00873. The van der Waals surface area contributed by atoms with Gasteiger partial charge in [-0.05, 0) is 73.9 Å². The van der Waals surface area contributed by atoms with Gasteiger partial charge in [0.05, 0.1) is 34.9 Å². The number of carbonyl (C=O) groups is 2. The van der Waals surface area contributed by atoms with Crippen LogP contribution < -0.4 is 16.2 Å². The normalized spacial score (nSPS) is 13.4. The molecule has 0 unspecified atom stereocenters. The highest BCUT2D eigenvalue weighted by atomic mass is 28.4. The van der Waals surface area contributed by atoms with Crippen LogP contribution in [0.4, 0.5) is 18.9 Å². The predicted octanol–water partition coefficient (Wildman–Crippen LogP) is 5.41. The summed E-state index contributed by atoms with van der Waals surface area (Å²) in [6, 6.07) is 10.4. The van der Waals surface area contributed by atoms with Gasteiger partial charge in [0.15, 0.2) is 8.32 Å². The molecular formula is C27H32F3N5O3Si. The minimum atomic E-state index is -4.79. The van der Waals surface area contributed by atoms with E-state index in [9.17, 15) is 28.0 Å². The summed E-state index contributed by atoms with van der Waals surface area (Å²) >= 11 is 0. The Morgan fingerprint density at radius 3 is 2.05 bits per heavy atom. The van der Waals surface area contributed by atoms with Crippen molar-refractivity contribution in [3.63, 3.8) is 0 Å². The number of benzene rings is 2. The monoisotopic (exact) mass is 559 g/mol. The molecule has 12 heteroatoms. The highest BCUT2D eigenvalue weighted by Crippen LogP contribution is 2.39. The maximum atomic E-state index is 13.8. The molecule has 0 heterocycles. The molecule has 3 N–H and O–H groups in total. The lowest BCUT2D eigenvalue weighted by Crippen LogP contribution is -2.55. The Bertz CT molecular complexity index is 1310. The fourth-order valence-electron chi connectivity index (χ4n) is 3.56. The maximum Gasteiger partial charge on any atom is 0.418 e. The molecule has 39 heavy (non-hydrogen) atoms. The van der Waals surface area contributed by atoms with Crippen LogP contribution in [0.3, 0.4) is 0 Å². The summed E-state index contributed by atoms with van der Waals surface area (Å²) in [6.07, 6.45) is -5.61. The van der Waals surface area contributed by atoms with E-state index in [2.05, 4.69) is 16.2 Å². The molecule has 0 aliphatic rings. The van der Waals surface area contributed by atoms with E-state index >= 15 is 0 Å². The lowest BCUT2D eigenvalue weighted by molar-refractivity contribution is -0.138. The number of carbonyl (C=O) groups excluding carboxylic acids is 2. The van der Waals surface area contributed by atoms with Crippen LogP contribution in [0, 0.1) is 29.6 Å². The quantitative estimate of drug-likeness (QED) is 0.308. The predicted molar refractivity (Wildman–Crippen MR) is 143 cm³/mol. The molecule has 0 saturated heterocycles. The second-order valence-corrected chi connectivity index (χ2v) is 15.4. The summed E-state index contributed by atoms with van der Waals surface area (Å²) in [6.45, 7) is 12.8. The number of nitrogens with one attached hydrogen (secondary N) is 3. The summed E-state index contributed by atoms with van der Waals surface area (Å²) in [4.78, 5) is 25.8. The molecule has 2 aromatic carbocycles. The number of anilines is 1. The molecular weight excluding hydrogens is 527 g/mol. The van der Waals surface area contributed by atoms with Crippen molar-refractivity contribution in [1.82, 2.24) is 10.9 Å². The van der Waals surface area contributed by atoms with E-state index in [1.807, 2.05) is 39.9 Å². The number of alkyl halides is 3. The van der Waals surface area contributed by atoms with Gasteiger partial charge in [0, 0.05) is 11.3 Å². The molecule has 0 spiro atoms. The van der Waals surface area contributed by atoms with E-state index < -0.39 is 49.6 Å². The number of amides is 2. The zero-order chi connectivity index (χ0) is 29.8. The smallest absolute Gasteiger partial charge is 0.412 e. The van der Waals surface area contributed by atoms with Gasteiger partial charge in [-0.1, -0.05) is 20.8 Å². The fraction of sp³-hybridized carbons (Fsp3) is 0.407. The van der Waals surface area contributed by atoms with Gasteiger partial charge >= 0.3 is 6.18 Å². The van der Waals surface area contributed by atoms with Gasteiger partial charge in [0.2, 0.25) is 0 Å². The summed E-state index contributed by atoms with van der Waals surface area (Å²) in [5.74, 6) is -1.40. The molecule has 0 aliphatic carbocycles. The summed E-state index contributed by atoms with van der Waals surface area (Å²) in [5.41, 5.74) is 3.25. The van der Waals surface area contributed by atoms with Crippen molar-refractivity contribution in [2.45, 2.75) is 71.1 Å². The van der Waals surface area contributed by atoms with Gasteiger partial charge in [0.1, 0.15) is 6.04 Å². The summed E-state index contributed by atoms with van der Waals surface area (Å²) < 4.78 is 47.6. The number of hydrogen-bond donors (Lipinski definition) is 3. The van der Waals surface area contributed by atoms with E-state index in [-0.39, 0.29) is 21.9 Å². The second-order valence-electron chi connectivity index (χ2n) is 10.6. The molecule has 2 amide bonds. The van der Waals surface area contributed by atoms with Gasteiger partial charge in [-0.25, -0.2) is 0 Å². The largest absolute Gasteiger partial charge is 0.418 e. The summed E-state index contributed by atoms with van der Waals surface area (Å²) in [7, 11) is -2.43. The van der Waals surface area contributed by atoms with Crippen molar-refractivity contribution in [3.05, 3.63) is 64.2 Å². The molecule has 0 radical (unpaired) electrons. The molecule has 208 valence electrons. The number of hydrogen-bond acceptors (Lipinski definition) is 6. The number of halogens is 3. The van der Waals surface area contributed by atoms with Crippen molar-refractivity contribution in [3.8, 4) is 12.1 Å². The second kappa shape index (κ2) is 11.9. The molecule has 0 fully saturated rings. The molecule has 0 saturated carbocycles. The van der Waals surface area contributed by atoms with Gasteiger partial charge in [0.25, 0.3) is 11.8 Å². The first-order valence-corrected chi connectivity index (χ1v) is 15.0. The number of nitrogens with zero attached hydrogens (tertiary/aromatic N) is 2. The number of rotatable bonds is 7. The van der Waals surface area contributed by atoms with Gasteiger partial charge in [-0.15, -0.1) is 0 Å². The standard InChI is InChI=1S/C27H32F3N5O3Si/c1-16-21(13-12-20(15-32)22(16)27(28,29)30)33-23(17(2)38-39(6,7)26(3,4)5)25(37)35-34-24(36)19-10-8-18(14-31)9-11-19/h8-13,17,23,33H,1-7H3,(H,34,36)(H,35,37)/t17-,23-/m1/s1. The van der Waals surface area contributed by atoms with E-state index in [1.165, 1.54) is 37.3 Å². The zero-order valence-corrected chi connectivity index (χ0v) is 23.9. The first-order chi connectivity index (χ1) is 17.9. The van der Waals surface area contributed by atoms with Crippen molar-refractivity contribution >= 4 is 25.8 Å². The average molecular weight is 560 g/mol. The maximum absolute atomic E-state index is 13.8. The van der Waals surface area contributed by atoms with Gasteiger partial charge in [-0.3, -0.25) is 20.4 Å². The van der Waals surface area contributed by atoms with Crippen LogP contribution in [0.25, 0.3) is 0 Å². The van der Waals surface area contributed by atoms with E-state index in [1.54, 1.807) is 13.0 Å². The third-order valence-electron chi connectivity index (χ3n) is 6.79. The topological polar surface area (TPSA) is 127 Å². The Labute approximate surface area is 227 Å². The van der Waals surface area contributed by atoms with Gasteiger partial charge in [-0.2, -0.15) is 23.7 Å². The molecule has 8 nitrogen and oxygen atoms in total. The molecule has 2 rings (SSSR count). The Hall–Kier alpha value is -3.87. The summed E-state index contributed by atoms with van der Waals surface area (Å²) in [5, 5.41) is 20.7. The lowest BCUT2D eigenvalue weighted by atomic mass is 9.99. The highest BCUT2D eigenvalue weighted by Gasteiger charge is 2.42. The van der Waals surface area contributed by atoms with Crippen LogP contribution in [0.2, 0.25) is 18.1 Å². The third-order valence-corrected chi connectivity index (χ3v) is 11.4. The molecule has 0 aromatic heterocycles. The van der Waals surface area contributed by atoms with Crippen LogP contribution in [-0.4, -0.2) is 32.3 Å². The van der Waals surface area contributed by atoms with Gasteiger partial charge < -0.3 is 9.74 Å². The Morgan fingerprint density at radius 1 is 0.974 bits per heavy atom. The van der Waals surface area contributed by atoms with E-state index in [4.69, 9.17) is 9.69 Å². The van der Waals surface area contributed by atoms with Crippen LogP contribution in [0.1, 0.15) is 60.3 Å². The van der Waals surface area contributed by atoms with E-state index in [0.29, 0.717) is 5.56 Å². The van der Waals surface area contributed by atoms with Crippen LogP contribution in [0.5, 0.6) is 0 Å². The lowest BCUT2D eigenvalue weighted by Gasteiger charge is -2.40. The Balaban J connectivity index is 2.40. The zero-order valence-electron chi connectivity index (χ0n) is 22.9. The number of nitriles is 2. The van der Waals surface area contributed by atoms with Crippen molar-refractivity contribution in [2.24, 2.45) is 0 Å². The van der Waals surface area contributed by atoms with Crippen molar-refractivity contribution in [1.29, 1.82) is 10.5 Å². The van der Waals surface area contributed by atoms with Crippen LogP contribution >= 0.6 is 0 Å². The average Bonchev–Trinajstić information content (AvgIpc) is 2.84. The molecule has 2 atom stereocenters. The first-order valence-electron chi connectivity index (χ1n) is 12.1. The van der Waals surface area contributed by atoms with E-state index in [0.717, 1.165) is 6.07 Å². The Morgan fingerprint density at radius 2 is 1.56 bits per heavy atom. The van der Waals surface area contributed by atoms with Crippen molar-refractivity contribution < 1.29 is 27.2 Å². The first kappa shape index (κ1) is 31.3. The SMILES string of the molecule is Cc1c(N[C@@H](C(=O)NNC(=O)c2ccc(C#N)cc2)[C@@H](C)O[Si](C)(C)C(C)(C)C)ccc(C#N)c1C(F)(F)F. The third kappa shape index (κ3) is 7.59. The van der Waals surface area contributed by atoms with Crippen LogP contribution in [0.15, 0.2) is 36.4 Å². The molecule has 0 bridgehead atoms.